The topological polar surface area (TPSA) is 101 Å². The smallest absolute Gasteiger partial charge is 0.311 e. The number of hydrogen-bond acceptors (Lipinski definition) is 6. The van der Waals surface area contributed by atoms with Crippen LogP contribution >= 0.6 is 11.3 Å². The summed E-state index contributed by atoms with van der Waals surface area (Å²) in [5.41, 5.74) is 2.97. The third kappa shape index (κ3) is 4.64. The molecule has 2 N–H and O–H groups in total. The molecule has 6 aromatic rings. The standard InChI is InChI=1S/C31H19F6N7OS/c32-15-3-13(4-16(33)7-15)5-22(40-25(45)11-44-29-26(28(43-44)30(34)35)18-8-19(18)31(29,36)37)27-17(9-20-23(41-27)10-39-42-20)14-1-2-24-21(6-14)38-12-46-24/h1-4,6-10,12,18,22,30H,5,11H2,(H,39,42)(H,40,45)/t18-,22+/m0/s1. The first kappa shape index (κ1) is 28.4. The van der Waals surface area contributed by atoms with Crippen LogP contribution in [0.4, 0.5) is 26.3 Å². The van der Waals surface area contributed by atoms with Gasteiger partial charge in [-0.2, -0.15) is 19.0 Å². The highest BCUT2D eigenvalue weighted by atomic mass is 32.1. The van der Waals surface area contributed by atoms with Crippen molar-refractivity contribution in [2.75, 3.05) is 0 Å². The lowest BCUT2D eigenvalue weighted by molar-refractivity contribution is -0.122. The van der Waals surface area contributed by atoms with E-state index in [9.17, 15) is 22.4 Å². The van der Waals surface area contributed by atoms with Gasteiger partial charge in [0.2, 0.25) is 5.91 Å². The molecular formula is C31H19F6N7OS. The number of nitrogens with zero attached hydrogens (tertiary/aromatic N) is 5. The van der Waals surface area contributed by atoms with E-state index in [0.29, 0.717) is 38.4 Å². The molecule has 8 rings (SSSR count). The molecule has 0 fully saturated rings. The average molecular weight is 652 g/mol. The number of carbonyl (C=O) groups excluding carboxylic acids is 1. The minimum absolute atomic E-state index is 0.159. The van der Waals surface area contributed by atoms with Gasteiger partial charge in [-0.15, -0.1) is 11.3 Å². The summed E-state index contributed by atoms with van der Waals surface area (Å²) in [5, 5.41) is 13.4. The van der Waals surface area contributed by atoms with Crippen LogP contribution in [0.15, 0.2) is 65.8 Å². The third-order valence-corrected chi connectivity index (χ3v) is 8.99. The molecular weight excluding hydrogens is 632 g/mol. The van der Waals surface area contributed by atoms with Crippen molar-refractivity contribution in [2.24, 2.45) is 0 Å². The Morgan fingerprint density at radius 1 is 1.07 bits per heavy atom. The molecule has 4 aromatic heterocycles. The molecule has 0 saturated carbocycles. The molecule has 46 heavy (non-hydrogen) atoms. The van der Waals surface area contributed by atoms with Crippen molar-refractivity contribution in [3.05, 3.63) is 106 Å². The maximum absolute atomic E-state index is 15.1. The van der Waals surface area contributed by atoms with E-state index in [1.165, 1.54) is 23.6 Å². The number of thiazole rings is 1. The van der Waals surface area contributed by atoms with Crippen molar-refractivity contribution in [3.63, 3.8) is 0 Å². The van der Waals surface area contributed by atoms with Gasteiger partial charge < -0.3 is 5.32 Å². The summed E-state index contributed by atoms with van der Waals surface area (Å²) in [4.78, 5) is 22.7. The van der Waals surface area contributed by atoms with Crippen molar-refractivity contribution >= 4 is 38.5 Å². The van der Waals surface area contributed by atoms with Gasteiger partial charge >= 0.3 is 5.92 Å². The van der Waals surface area contributed by atoms with Crippen LogP contribution in [0, 0.1) is 11.6 Å². The summed E-state index contributed by atoms with van der Waals surface area (Å²) in [6.07, 6.45) is -0.612. The number of hydrogen-bond donors (Lipinski definition) is 2. The number of nitrogens with one attached hydrogen (secondary N) is 2. The number of alkyl halides is 4. The summed E-state index contributed by atoms with van der Waals surface area (Å²) in [5.74, 6) is -7.00. The first-order valence-electron chi connectivity index (χ1n) is 14.0. The fourth-order valence-corrected chi connectivity index (χ4v) is 6.85. The Bertz CT molecular complexity index is 2220. The maximum atomic E-state index is 15.1. The lowest BCUT2D eigenvalue weighted by Crippen LogP contribution is -2.35. The number of carbonyl (C=O) groups is 1. The van der Waals surface area contributed by atoms with Crippen LogP contribution in [0.3, 0.4) is 0 Å². The van der Waals surface area contributed by atoms with Gasteiger partial charge in [-0.05, 0) is 47.9 Å². The van der Waals surface area contributed by atoms with E-state index in [2.05, 4.69) is 25.6 Å². The molecule has 0 radical (unpaired) electrons. The number of allylic oxidation sites excluding steroid dienone is 2. The minimum atomic E-state index is -3.55. The summed E-state index contributed by atoms with van der Waals surface area (Å²) in [6, 6.07) is 9.16. The summed E-state index contributed by atoms with van der Waals surface area (Å²) < 4.78 is 87.9. The molecule has 0 unspecified atom stereocenters. The molecule has 2 aliphatic carbocycles. The maximum Gasteiger partial charge on any atom is 0.311 e. The fraction of sp³-hybridized carbons (Fsp3) is 0.194. The second kappa shape index (κ2) is 10.2. The second-order valence-corrected chi connectivity index (χ2v) is 12.0. The van der Waals surface area contributed by atoms with Crippen LogP contribution in [-0.2, 0) is 23.7 Å². The monoisotopic (exact) mass is 651 g/mol. The minimum Gasteiger partial charge on any atom is -0.346 e. The number of amides is 1. The molecule has 15 heteroatoms. The van der Waals surface area contributed by atoms with Gasteiger partial charge in [0.1, 0.15) is 35.1 Å². The Kier molecular flexibility index (Phi) is 6.33. The number of aromatic nitrogens is 6. The zero-order valence-electron chi connectivity index (χ0n) is 23.2. The quantitative estimate of drug-likeness (QED) is 0.138. The van der Waals surface area contributed by atoms with Crippen molar-refractivity contribution in [2.45, 2.75) is 37.3 Å². The van der Waals surface area contributed by atoms with Gasteiger partial charge in [0.15, 0.2) is 0 Å². The van der Waals surface area contributed by atoms with Crippen LogP contribution in [0.1, 0.15) is 46.6 Å². The Morgan fingerprint density at radius 2 is 1.87 bits per heavy atom. The number of pyridine rings is 1. The molecule has 1 amide bonds. The predicted molar refractivity (Wildman–Crippen MR) is 155 cm³/mol. The van der Waals surface area contributed by atoms with E-state index in [4.69, 9.17) is 4.98 Å². The van der Waals surface area contributed by atoms with E-state index >= 15 is 8.78 Å². The van der Waals surface area contributed by atoms with Crippen molar-refractivity contribution in [3.8, 4) is 11.1 Å². The Balaban J connectivity index is 1.21. The molecule has 0 spiro atoms. The fourth-order valence-electron chi connectivity index (χ4n) is 6.19. The molecule has 0 bridgehead atoms. The number of benzene rings is 2. The second-order valence-electron chi connectivity index (χ2n) is 11.1. The van der Waals surface area contributed by atoms with Crippen LogP contribution < -0.4 is 5.32 Å². The largest absolute Gasteiger partial charge is 0.346 e. The number of H-pyrrole nitrogens is 1. The van der Waals surface area contributed by atoms with Crippen LogP contribution in [0.5, 0.6) is 0 Å². The predicted octanol–water partition coefficient (Wildman–Crippen LogP) is 6.88. The first-order valence-corrected chi connectivity index (χ1v) is 14.9. The third-order valence-electron chi connectivity index (χ3n) is 8.18. The summed E-state index contributed by atoms with van der Waals surface area (Å²) in [6.45, 7) is -0.813. The normalized spacial score (nSPS) is 16.9. The van der Waals surface area contributed by atoms with Gasteiger partial charge in [-0.1, -0.05) is 12.1 Å². The SMILES string of the molecule is O=C(Cn1nc(C(F)F)c2c1C(F)(F)C1=C[C@@H]12)N[C@H](Cc1cc(F)cc(F)c1)c1nc2cn[nH]c2cc1-c1ccc2scnc2c1. The summed E-state index contributed by atoms with van der Waals surface area (Å²) >= 11 is 1.45. The highest BCUT2D eigenvalue weighted by Gasteiger charge is 2.60. The van der Waals surface area contributed by atoms with Crippen LogP contribution in [0.25, 0.3) is 32.4 Å². The number of rotatable bonds is 8. The molecule has 2 aliphatic rings. The average Bonchev–Trinajstić information content (AvgIpc) is 3.28. The molecule has 0 aliphatic heterocycles. The molecule has 0 saturated heterocycles. The van der Waals surface area contributed by atoms with Crippen molar-refractivity contribution in [1.29, 1.82) is 0 Å². The first-order chi connectivity index (χ1) is 22.1. The van der Waals surface area contributed by atoms with Gasteiger partial charge in [0.25, 0.3) is 6.43 Å². The van der Waals surface area contributed by atoms with Gasteiger partial charge in [0.05, 0.1) is 39.2 Å². The Hall–Kier alpha value is -5.05. The van der Waals surface area contributed by atoms with Gasteiger partial charge in [0, 0.05) is 28.7 Å². The van der Waals surface area contributed by atoms with E-state index in [0.717, 1.165) is 16.8 Å². The molecule has 4 heterocycles. The van der Waals surface area contributed by atoms with E-state index < -0.39 is 59.8 Å². The van der Waals surface area contributed by atoms with Crippen molar-refractivity contribution in [1.82, 2.24) is 35.3 Å². The van der Waals surface area contributed by atoms with Crippen LogP contribution in [-0.4, -0.2) is 35.9 Å². The molecule has 8 nitrogen and oxygen atoms in total. The van der Waals surface area contributed by atoms with E-state index in [1.807, 2.05) is 18.2 Å². The molecule has 232 valence electrons. The molecule has 2 atom stereocenters. The van der Waals surface area contributed by atoms with Crippen LogP contribution in [0.2, 0.25) is 0 Å². The van der Waals surface area contributed by atoms with Gasteiger partial charge in [-0.3, -0.25) is 14.6 Å². The van der Waals surface area contributed by atoms with E-state index in [1.54, 1.807) is 11.6 Å². The number of aromatic amines is 1. The lowest BCUT2D eigenvalue weighted by atomic mass is 9.94. The number of fused-ring (bicyclic) bond motifs is 5. The highest BCUT2D eigenvalue weighted by Crippen LogP contribution is 2.63. The van der Waals surface area contributed by atoms with Gasteiger partial charge in [-0.25, -0.2) is 27.5 Å². The summed E-state index contributed by atoms with van der Waals surface area (Å²) in [7, 11) is 0. The van der Waals surface area contributed by atoms with Crippen molar-refractivity contribution < 1.29 is 31.1 Å². The lowest BCUT2D eigenvalue weighted by Gasteiger charge is -2.22. The Labute approximate surface area is 258 Å². The molecule has 2 aromatic carbocycles. The zero-order valence-corrected chi connectivity index (χ0v) is 24.1. The highest BCUT2D eigenvalue weighted by molar-refractivity contribution is 7.16. The Morgan fingerprint density at radius 3 is 2.65 bits per heavy atom. The zero-order chi connectivity index (χ0) is 31.9. The van der Waals surface area contributed by atoms with E-state index in [-0.39, 0.29) is 28.8 Å². The number of halogens is 6.